The largest absolute Gasteiger partial charge is 0.343 e. The number of amides is 2. The van der Waals surface area contributed by atoms with Crippen LogP contribution in [0.1, 0.15) is 34.6 Å². The van der Waals surface area contributed by atoms with Crippen molar-refractivity contribution < 1.29 is 18.0 Å². The van der Waals surface area contributed by atoms with E-state index in [1.54, 1.807) is 18.7 Å². The van der Waals surface area contributed by atoms with Crippen LogP contribution in [0.4, 0.5) is 5.69 Å². The Kier molecular flexibility index (Phi) is 6.04. The monoisotopic (exact) mass is 419 g/mol. The Morgan fingerprint density at radius 2 is 1.72 bits per heavy atom. The number of hydrogen-bond acceptors (Lipinski definition) is 5. The minimum Gasteiger partial charge on any atom is -0.343 e. The third kappa shape index (κ3) is 4.48. The summed E-state index contributed by atoms with van der Waals surface area (Å²) in [6.45, 7) is 4.47. The van der Waals surface area contributed by atoms with Gasteiger partial charge in [-0.05, 0) is 51.0 Å². The van der Waals surface area contributed by atoms with E-state index in [2.05, 4.69) is 15.7 Å². The zero-order valence-corrected chi connectivity index (χ0v) is 17.5. The lowest BCUT2D eigenvalue weighted by Crippen LogP contribution is -2.33. The number of sulfonamides is 1. The molecule has 0 saturated carbocycles. The predicted molar refractivity (Wildman–Crippen MR) is 108 cm³/mol. The third-order valence-corrected chi connectivity index (χ3v) is 6.92. The van der Waals surface area contributed by atoms with Crippen LogP contribution >= 0.6 is 0 Å². The first-order valence-electron chi connectivity index (χ1n) is 9.38. The van der Waals surface area contributed by atoms with Crippen molar-refractivity contribution in [3.63, 3.8) is 0 Å². The molecule has 1 fully saturated rings. The zero-order valence-electron chi connectivity index (χ0n) is 16.7. The highest BCUT2D eigenvalue weighted by atomic mass is 32.2. The minimum absolute atomic E-state index is 0.163. The lowest BCUT2D eigenvalue weighted by molar-refractivity contribution is -0.115. The molecule has 2 aromatic rings. The average Bonchev–Trinajstić information content (AvgIpc) is 3.32. The lowest BCUT2D eigenvalue weighted by Gasteiger charge is -2.15. The fourth-order valence-corrected chi connectivity index (χ4v) is 4.77. The van der Waals surface area contributed by atoms with Crippen LogP contribution in [0.15, 0.2) is 29.2 Å². The van der Waals surface area contributed by atoms with Crippen LogP contribution in [0.5, 0.6) is 0 Å². The molecule has 1 aliphatic heterocycles. The molecule has 3 rings (SSSR count). The van der Waals surface area contributed by atoms with E-state index in [4.69, 9.17) is 0 Å². The van der Waals surface area contributed by atoms with Crippen LogP contribution in [0.25, 0.3) is 0 Å². The number of aryl methyl sites for hydroxylation is 2. The van der Waals surface area contributed by atoms with Crippen molar-refractivity contribution in [2.45, 2.75) is 31.6 Å². The molecule has 10 heteroatoms. The summed E-state index contributed by atoms with van der Waals surface area (Å²) in [5.41, 5.74) is 2.42. The second kappa shape index (κ2) is 8.34. The highest BCUT2D eigenvalue weighted by Crippen LogP contribution is 2.21. The Bertz CT molecular complexity index is 1020. The Morgan fingerprint density at radius 1 is 1.10 bits per heavy atom. The number of aromatic nitrogens is 2. The Labute approximate surface area is 170 Å². The number of nitrogens with one attached hydrogen (secondary N) is 2. The average molecular weight is 420 g/mol. The number of hydrogen-bond donors (Lipinski definition) is 2. The molecule has 1 aromatic carbocycles. The lowest BCUT2D eigenvalue weighted by atomic mass is 10.2. The van der Waals surface area contributed by atoms with Crippen LogP contribution in [0.2, 0.25) is 0 Å². The van der Waals surface area contributed by atoms with Gasteiger partial charge in [0.05, 0.1) is 28.5 Å². The summed E-state index contributed by atoms with van der Waals surface area (Å²) in [4.78, 5) is 24.6. The standard InChI is InChI=1S/C19H25N5O4S/c1-13-18(14(2)23(3)22-13)21-17(25)12-20-19(26)15-6-8-16(9-7-15)29(27,28)24-10-4-5-11-24/h6-9H,4-5,10-12H2,1-3H3,(H,20,26)(H,21,25). The minimum atomic E-state index is -3.52. The molecule has 1 saturated heterocycles. The van der Waals surface area contributed by atoms with Crippen molar-refractivity contribution in [1.29, 1.82) is 0 Å². The van der Waals surface area contributed by atoms with E-state index in [0.29, 0.717) is 24.5 Å². The molecule has 0 atom stereocenters. The van der Waals surface area contributed by atoms with Gasteiger partial charge in [-0.25, -0.2) is 8.42 Å². The van der Waals surface area contributed by atoms with Crippen molar-refractivity contribution in [2.24, 2.45) is 7.05 Å². The highest BCUT2D eigenvalue weighted by Gasteiger charge is 2.27. The smallest absolute Gasteiger partial charge is 0.251 e. The van der Waals surface area contributed by atoms with Gasteiger partial charge in [0, 0.05) is 25.7 Å². The second-order valence-corrected chi connectivity index (χ2v) is 8.97. The molecule has 0 spiro atoms. The van der Waals surface area contributed by atoms with Crippen LogP contribution in [-0.2, 0) is 21.9 Å². The van der Waals surface area contributed by atoms with Gasteiger partial charge in [-0.15, -0.1) is 0 Å². The predicted octanol–water partition coefficient (Wildman–Crippen LogP) is 1.19. The van der Waals surface area contributed by atoms with E-state index in [9.17, 15) is 18.0 Å². The fourth-order valence-electron chi connectivity index (χ4n) is 3.26. The summed E-state index contributed by atoms with van der Waals surface area (Å²) in [5, 5.41) is 9.51. The maximum atomic E-state index is 12.5. The van der Waals surface area contributed by atoms with Crippen LogP contribution in [-0.4, -0.2) is 54.0 Å². The van der Waals surface area contributed by atoms with Gasteiger partial charge in [-0.1, -0.05) is 0 Å². The maximum absolute atomic E-state index is 12.5. The van der Waals surface area contributed by atoms with Crippen molar-refractivity contribution in [1.82, 2.24) is 19.4 Å². The van der Waals surface area contributed by atoms with Gasteiger partial charge in [-0.2, -0.15) is 9.40 Å². The maximum Gasteiger partial charge on any atom is 0.251 e. The third-order valence-electron chi connectivity index (χ3n) is 5.00. The van der Waals surface area contributed by atoms with E-state index < -0.39 is 15.9 Å². The van der Waals surface area contributed by atoms with Crippen LogP contribution in [0, 0.1) is 13.8 Å². The number of benzene rings is 1. The SMILES string of the molecule is Cc1nn(C)c(C)c1NC(=O)CNC(=O)c1ccc(S(=O)(=O)N2CCCC2)cc1. The molecule has 2 amide bonds. The molecule has 1 aromatic heterocycles. The van der Waals surface area contributed by atoms with Gasteiger partial charge in [0.25, 0.3) is 5.91 Å². The quantitative estimate of drug-likeness (QED) is 0.730. The first-order valence-corrected chi connectivity index (χ1v) is 10.8. The molecule has 2 heterocycles. The topological polar surface area (TPSA) is 113 Å². The van der Waals surface area contributed by atoms with Crippen molar-refractivity contribution in [3.05, 3.63) is 41.2 Å². The summed E-state index contributed by atoms with van der Waals surface area (Å²) >= 11 is 0. The fraction of sp³-hybridized carbons (Fsp3) is 0.421. The second-order valence-electron chi connectivity index (χ2n) is 7.04. The summed E-state index contributed by atoms with van der Waals surface area (Å²) in [5.74, 6) is -0.823. The molecular weight excluding hydrogens is 394 g/mol. The number of rotatable bonds is 6. The molecule has 0 radical (unpaired) electrons. The molecule has 0 bridgehead atoms. The Hall–Kier alpha value is -2.72. The Balaban J connectivity index is 1.59. The van der Waals surface area contributed by atoms with Gasteiger partial charge in [-0.3, -0.25) is 14.3 Å². The van der Waals surface area contributed by atoms with E-state index in [1.807, 2.05) is 6.92 Å². The first kappa shape index (κ1) is 21.0. The first-order chi connectivity index (χ1) is 13.7. The Morgan fingerprint density at radius 3 is 2.28 bits per heavy atom. The molecular formula is C19H25N5O4S. The summed E-state index contributed by atoms with van der Waals surface area (Å²) in [6, 6.07) is 5.74. The summed E-state index contributed by atoms with van der Waals surface area (Å²) < 4.78 is 28.2. The van der Waals surface area contributed by atoms with Gasteiger partial charge in [0.15, 0.2) is 0 Å². The summed E-state index contributed by atoms with van der Waals surface area (Å²) in [7, 11) is -1.73. The van der Waals surface area contributed by atoms with E-state index >= 15 is 0 Å². The number of anilines is 1. The molecule has 156 valence electrons. The van der Waals surface area contributed by atoms with Gasteiger partial charge in [0.1, 0.15) is 0 Å². The number of nitrogens with zero attached hydrogens (tertiary/aromatic N) is 3. The van der Waals surface area contributed by atoms with Crippen molar-refractivity contribution in [2.75, 3.05) is 25.0 Å². The number of carbonyl (C=O) groups is 2. The van der Waals surface area contributed by atoms with Gasteiger partial charge >= 0.3 is 0 Å². The van der Waals surface area contributed by atoms with Gasteiger partial charge in [0.2, 0.25) is 15.9 Å². The van der Waals surface area contributed by atoms with Crippen molar-refractivity contribution in [3.8, 4) is 0 Å². The summed E-state index contributed by atoms with van der Waals surface area (Å²) in [6.07, 6.45) is 1.72. The van der Waals surface area contributed by atoms with Crippen LogP contribution < -0.4 is 10.6 Å². The molecule has 29 heavy (non-hydrogen) atoms. The molecule has 0 aliphatic carbocycles. The highest BCUT2D eigenvalue weighted by molar-refractivity contribution is 7.89. The molecule has 1 aliphatic rings. The molecule has 2 N–H and O–H groups in total. The molecule has 9 nitrogen and oxygen atoms in total. The van der Waals surface area contributed by atoms with Crippen molar-refractivity contribution >= 4 is 27.5 Å². The van der Waals surface area contributed by atoms with Gasteiger partial charge < -0.3 is 10.6 Å². The van der Waals surface area contributed by atoms with E-state index in [1.165, 1.54) is 28.6 Å². The van der Waals surface area contributed by atoms with E-state index in [-0.39, 0.29) is 22.9 Å². The zero-order chi connectivity index (χ0) is 21.2. The number of carbonyl (C=O) groups excluding carboxylic acids is 2. The molecule has 0 unspecified atom stereocenters. The normalized spacial score (nSPS) is 14.7. The van der Waals surface area contributed by atoms with Crippen LogP contribution in [0.3, 0.4) is 0 Å². The van der Waals surface area contributed by atoms with E-state index in [0.717, 1.165) is 18.5 Å².